The van der Waals surface area contributed by atoms with Crippen LogP contribution >= 0.6 is 11.8 Å². The first kappa shape index (κ1) is 15.5. The fraction of sp³-hybridized carbons (Fsp3) is 0.583. The van der Waals surface area contributed by atoms with Crippen LogP contribution < -0.4 is 10.6 Å². The molecule has 9 heteroatoms. The fourth-order valence-electron chi connectivity index (χ4n) is 1.73. The molecule has 2 heterocycles. The summed E-state index contributed by atoms with van der Waals surface area (Å²) in [4.78, 5) is 17.0. The Labute approximate surface area is 128 Å². The fourth-order valence-corrected chi connectivity index (χ4v) is 2.45. The molecule has 0 aliphatic rings. The molecular weight excluding hydrogens is 288 g/mol. The van der Waals surface area contributed by atoms with E-state index in [1.807, 2.05) is 6.92 Å². The molecule has 2 N–H and O–H groups in total. The van der Waals surface area contributed by atoms with Crippen LogP contribution in [0.3, 0.4) is 0 Å². The van der Waals surface area contributed by atoms with Crippen molar-refractivity contribution in [2.24, 2.45) is 0 Å². The first-order chi connectivity index (χ1) is 10.3. The molecule has 1 unspecified atom stereocenters. The number of rotatable bonds is 8. The summed E-state index contributed by atoms with van der Waals surface area (Å²) in [6.45, 7) is 4.87. The largest absolute Gasteiger partial charge is 0.354 e. The minimum atomic E-state index is 0.320. The van der Waals surface area contributed by atoms with Crippen molar-refractivity contribution in [3.05, 3.63) is 12.7 Å². The minimum Gasteiger partial charge on any atom is -0.354 e. The lowest BCUT2D eigenvalue weighted by molar-refractivity contribution is 0.747. The van der Waals surface area contributed by atoms with Crippen LogP contribution in [0.15, 0.2) is 12.7 Å². The molecule has 0 amide bonds. The summed E-state index contributed by atoms with van der Waals surface area (Å²) in [6, 6.07) is 0.320. The normalized spacial score (nSPS) is 12.1. The van der Waals surface area contributed by atoms with Crippen molar-refractivity contribution >= 4 is 23.7 Å². The van der Waals surface area contributed by atoms with Crippen molar-refractivity contribution in [1.29, 1.82) is 0 Å². The Morgan fingerprint density at radius 3 is 2.67 bits per heavy atom. The molecular formula is C12H20N8S. The Kier molecular flexibility index (Phi) is 5.73. The van der Waals surface area contributed by atoms with E-state index in [9.17, 15) is 0 Å². The zero-order valence-electron chi connectivity index (χ0n) is 12.4. The van der Waals surface area contributed by atoms with Crippen LogP contribution in [-0.4, -0.2) is 54.3 Å². The second kappa shape index (κ2) is 7.77. The standard InChI is InChI=1S/C12H20N8S/c1-4-9(6-21-3)16-11-17-10(14-5-2)18-12(19-11)20-8-13-7-15-20/h7-9H,4-6H2,1-3H3,(H2,14,16,17,18,19). The molecule has 0 aliphatic heterocycles. The first-order valence-electron chi connectivity index (χ1n) is 6.87. The zero-order chi connectivity index (χ0) is 15.1. The van der Waals surface area contributed by atoms with E-state index in [1.165, 1.54) is 11.0 Å². The van der Waals surface area contributed by atoms with Crippen molar-refractivity contribution in [2.75, 3.05) is 29.2 Å². The van der Waals surface area contributed by atoms with Gasteiger partial charge in [0, 0.05) is 18.3 Å². The number of hydrogen-bond donors (Lipinski definition) is 2. The lowest BCUT2D eigenvalue weighted by Crippen LogP contribution is -2.23. The second-order valence-electron chi connectivity index (χ2n) is 4.36. The van der Waals surface area contributed by atoms with E-state index in [2.05, 4.69) is 48.8 Å². The van der Waals surface area contributed by atoms with E-state index in [-0.39, 0.29) is 0 Å². The van der Waals surface area contributed by atoms with E-state index < -0.39 is 0 Å². The Balaban J connectivity index is 2.27. The number of anilines is 2. The van der Waals surface area contributed by atoms with Gasteiger partial charge in [0.1, 0.15) is 12.7 Å². The van der Waals surface area contributed by atoms with E-state index >= 15 is 0 Å². The van der Waals surface area contributed by atoms with Crippen LogP contribution in [0.1, 0.15) is 20.3 Å². The third kappa shape index (κ3) is 4.28. The molecule has 114 valence electrons. The van der Waals surface area contributed by atoms with Gasteiger partial charge in [-0.2, -0.15) is 36.5 Å². The maximum Gasteiger partial charge on any atom is 0.258 e. The van der Waals surface area contributed by atoms with Gasteiger partial charge >= 0.3 is 0 Å². The average Bonchev–Trinajstić information content (AvgIpc) is 3.01. The van der Waals surface area contributed by atoms with E-state index in [1.54, 1.807) is 18.1 Å². The molecule has 1 atom stereocenters. The third-order valence-electron chi connectivity index (χ3n) is 2.78. The molecule has 0 aliphatic carbocycles. The molecule has 0 bridgehead atoms. The van der Waals surface area contributed by atoms with Crippen molar-refractivity contribution in [3.8, 4) is 5.95 Å². The van der Waals surface area contributed by atoms with Crippen LogP contribution in [0, 0.1) is 0 Å². The topological polar surface area (TPSA) is 93.4 Å². The summed E-state index contributed by atoms with van der Waals surface area (Å²) in [5.41, 5.74) is 0. The number of nitrogens with zero attached hydrogens (tertiary/aromatic N) is 6. The van der Waals surface area contributed by atoms with Crippen LogP contribution in [0.4, 0.5) is 11.9 Å². The van der Waals surface area contributed by atoms with Gasteiger partial charge in [0.2, 0.25) is 11.9 Å². The molecule has 0 spiro atoms. The number of hydrogen-bond acceptors (Lipinski definition) is 8. The molecule has 21 heavy (non-hydrogen) atoms. The molecule has 0 fully saturated rings. The minimum absolute atomic E-state index is 0.320. The highest BCUT2D eigenvalue weighted by molar-refractivity contribution is 7.98. The maximum atomic E-state index is 4.41. The van der Waals surface area contributed by atoms with Gasteiger partial charge in [0.25, 0.3) is 5.95 Å². The lowest BCUT2D eigenvalue weighted by atomic mass is 10.3. The van der Waals surface area contributed by atoms with Crippen LogP contribution in [-0.2, 0) is 0 Å². The van der Waals surface area contributed by atoms with Crippen molar-refractivity contribution < 1.29 is 0 Å². The Morgan fingerprint density at radius 1 is 1.24 bits per heavy atom. The Hall–Kier alpha value is -1.90. The van der Waals surface area contributed by atoms with Gasteiger partial charge in [-0.15, -0.1) is 0 Å². The highest BCUT2D eigenvalue weighted by Crippen LogP contribution is 2.12. The molecule has 2 rings (SSSR count). The quantitative estimate of drug-likeness (QED) is 0.756. The molecule has 0 saturated heterocycles. The smallest absolute Gasteiger partial charge is 0.258 e. The third-order valence-corrected chi connectivity index (χ3v) is 3.51. The highest BCUT2D eigenvalue weighted by atomic mass is 32.2. The van der Waals surface area contributed by atoms with E-state index in [0.29, 0.717) is 23.9 Å². The maximum absolute atomic E-state index is 4.41. The predicted octanol–water partition coefficient (Wildman–Crippen LogP) is 1.44. The van der Waals surface area contributed by atoms with Crippen LogP contribution in [0.2, 0.25) is 0 Å². The van der Waals surface area contributed by atoms with Crippen molar-refractivity contribution in [2.45, 2.75) is 26.3 Å². The number of thioether (sulfide) groups is 1. The lowest BCUT2D eigenvalue weighted by Gasteiger charge is -2.16. The monoisotopic (exact) mass is 308 g/mol. The van der Waals surface area contributed by atoms with E-state index in [4.69, 9.17) is 0 Å². The van der Waals surface area contributed by atoms with Crippen LogP contribution in [0.5, 0.6) is 0 Å². The predicted molar refractivity (Wildman–Crippen MR) is 85.0 cm³/mol. The highest BCUT2D eigenvalue weighted by Gasteiger charge is 2.12. The number of nitrogens with one attached hydrogen (secondary N) is 2. The average molecular weight is 308 g/mol. The first-order valence-corrected chi connectivity index (χ1v) is 8.26. The Bertz CT molecular complexity index is 544. The number of aromatic nitrogens is 6. The van der Waals surface area contributed by atoms with Crippen molar-refractivity contribution in [1.82, 2.24) is 29.7 Å². The van der Waals surface area contributed by atoms with Crippen LogP contribution in [0.25, 0.3) is 5.95 Å². The van der Waals surface area contributed by atoms with Gasteiger partial charge < -0.3 is 10.6 Å². The van der Waals surface area contributed by atoms with Gasteiger partial charge in [0.15, 0.2) is 0 Å². The second-order valence-corrected chi connectivity index (χ2v) is 5.27. The van der Waals surface area contributed by atoms with Gasteiger partial charge in [-0.05, 0) is 19.6 Å². The van der Waals surface area contributed by atoms with Gasteiger partial charge in [-0.3, -0.25) is 0 Å². The molecule has 0 aromatic carbocycles. The van der Waals surface area contributed by atoms with Crippen molar-refractivity contribution in [3.63, 3.8) is 0 Å². The summed E-state index contributed by atoms with van der Waals surface area (Å²) in [5, 5.41) is 10.5. The molecule has 2 aromatic rings. The zero-order valence-corrected chi connectivity index (χ0v) is 13.3. The molecule has 0 saturated carbocycles. The summed E-state index contributed by atoms with van der Waals surface area (Å²) in [7, 11) is 0. The SMILES string of the molecule is CCNc1nc(NC(CC)CSC)nc(-n2cncn2)n1. The molecule has 0 radical (unpaired) electrons. The molecule has 8 nitrogen and oxygen atoms in total. The summed E-state index contributed by atoms with van der Waals surface area (Å²) < 4.78 is 1.52. The van der Waals surface area contributed by atoms with Gasteiger partial charge in [0.05, 0.1) is 0 Å². The molecule has 2 aromatic heterocycles. The summed E-state index contributed by atoms with van der Waals surface area (Å²) in [6.07, 6.45) is 6.10. The summed E-state index contributed by atoms with van der Waals surface area (Å²) in [5.74, 6) is 2.52. The Morgan fingerprint density at radius 2 is 2.05 bits per heavy atom. The summed E-state index contributed by atoms with van der Waals surface area (Å²) >= 11 is 1.79. The van der Waals surface area contributed by atoms with E-state index in [0.717, 1.165) is 18.7 Å². The van der Waals surface area contributed by atoms with Gasteiger partial charge in [-0.25, -0.2) is 4.98 Å². The van der Waals surface area contributed by atoms with Gasteiger partial charge in [-0.1, -0.05) is 6.92 Å².